The Morgan fingerprint density at radius 2 is 2.29 bits per heavy atom. The smallest absolute Gasteiger partial charge is 0.273 e. The van der Waals surface area contributed by atoms with E-state index in [1.807, 2.05) is 0 Å². The number of carbonyl (C=O) groups is 1. The van der Waals surface area contributed by atoms with Gasteiger partial charge in [0, 0.05) is 12.6 Å². The summed E-state index contributed by atoms with van der Waals surface area (Å²) in [4.78, 5) is 11.9. The minimum atomic E-state index is -0.172. The summed E-state index contributed by atoms with van der Waals surface area (Å²) in [6.45, 7) is 7.27. The van der Waals surface area contributed by atoms with E-state index in [9.17, 15) is 4.79 Å². The molecule has 1 aromatic heterocycles. The Balaban J connectivity index is 2.62. The van der Waals surface area contributed by atoms with Crippen LogP contribution in [0.4, 0.5) is 0 Å². The van der Waals surface area contributed by atoms with Crippen LogP contribution in [0.15, 0.2) is 6.20 Å². The molecular weight excluding hydrogens is 218 g/mol. The topological polar surface area (TPSA) is 85.8 Å². The fraction of sp³-hybridized carbons (Fsp3) is 0.727. The molecule has 1 heterocycles. The van der Waals surface area contributed by atoms with Crippen LogP contribution in [-0.2, 0) is 6.54 Å². The summed E-state index contributed by atoms with van der Waals surface area (Å²) in [5, 5.41) is 10.6. The monoisotopic (exact) mass is 239 g/mol. The second-order valence-electron chi connectivity index (χ2n) is 4.39. The van der Waals surface area contributed by atoms with Crippen LogP contribution in [-0.4, -0.2) is 33.5 Å². The predicted molar refractivity (Wildman–Crippen MR) is 65.5 cm³/mol. The minimum absolute atomic E-state index is 0.169. The van der Waals surface area contributed by atoms with Crippen molar-refractivity contribution >= 4 is 5.91 Å². The number of amides is 1. The molecule has 6 nitrogen and oxygen atoms in total. The van der Waals surface area contributed by atoms with Crippen LogP contribution in [0.2, 0.25) is 0 Å². The molecule has 1 rings (SSSR count). The molecular formula is C11H21N5O. The number of nitrogens with two attached hydrogens (primary N) is 1. The van der Waals surface area contributed by atoms with Crippen LogP contribution >= 0.6 is 0 Å². The Morgan fingerprint density at radius 1 is 1.59 bits per heavy atom. The summed E-state index contributed by atoms with van der Waals surface area (Å²) in [6, 6.07) is 0.169. The average molecular weight is 239 g/mol. The molecule has 3 N–H and O–H groups in total. The first-order valence-corrected chi connectivity index (χ1v) is 5.99. The quantitative estimate of drug-likeness (QED) is 0.752. The lowest BCUT2D eigenvalue weighted by Crippen LogP contribution is -2.38. The van der Waals surface area contributed by atoms with Crippen LogP contribution < -0.4 is 11.1 Å². The number of rotatable bonds is 6. The van der Waals surface area contributed by atoms with E-state index in [1.54, 1.807) is 10.9 Å². The number of nitrogens with one attached hydrogen (secondary N) is 1. The highest BCUT2D eigenvalue weighted by atomic mass is 16.2. The molecule has 0 saturated heterocycles. The van der Waals surface area contributed by atoms with E-state index in [4.69, 9.17) is 5.73 Å². The third kappa shape index (κ3) is 3.81. The van der Waals surface area contributed by atoms with Gasteiger partial charge in [-0.15, -0.1) is 5.10 Å². The molecule has 0 radical (unpaired) electrons. The molecule has 0 fully saturated rings. The summed E-state index contributed by atoms with van der Waals surface area (Å²) in [5.74, 6) is 0.233. The summed E-state index contributed by atoms with van der Waals surface area (Å²) in [7, 11) is 0. The Labute approximate surface area is 102 Å². The van der Waals surface area contributed by atoms with Gasteiger partial charge < -0.3 is 11.1 Å². The van der Waals surface area contributed by atoms with Crippen LogP contribution in [0.1, 0.15) is 37.7 Å². The van der Waals surface area contributed by atoms with Crippen LogP contribution in [0.5, 0.6) is 0 Å². The van der Waals surface area contributed by atoms with Gasteiger partial charge in [0.15, 0.2) is 5.69 Å². The average Bonchev–Trinajstić information content (AvgIpc) is 2.74. The van der Waals surface area contributed by atoms with Crippen LogP contribution in [0.25, 0.3) is 0 Å². The molecule has 0 spiro atoms. The number of hydrogen-bond donors (Lipinski definition) is 2. The van der Waals surface area contributed by atoms with Gasteiger partial charge in [0.1, 0.15) is 0 Å². The molecule has 1 atom stereocenters. The first-order chi connectivity index (χ1) is 8.08. The van der Waals surface area contributed by atoms with Gasteiger partial charge in [-0.1, -0.05) is 26.0 Å². The van der Waals surface area contributed by atoms with Crippen molar-refractivity contribution in [1.82, 2.24) is 20.3 Å². The van der Waals surface area contributed by atoms with E-state index in [2.05, 4.69) is 36.4 Å². The molecule has 0 saturated carbocycles. The summed E-state index contributed by atoms with van der Waals surface area (Å²) >= 11 is 0. The van der Waals surface area contributed by atoms with Crippen molar-refractivity contribution in [2.45, 2.75) is 39.8 Å². The summed E-state index contributed by atoms with van der Waals surface area (Å²) < 4.78 is 1.57. The Hall–Kier alpha value is -1.43. The van der Waals surface area contributed by atoms with Gasteiger partial charge in [0.25, 0.3) is 5.91 Å². The maximum atomic E-state index is 11.9. The molecule has 17 heavy (non-hydrogen) atoms. The summed E-state index contributed by atoms with van der Waals surface area (Å²) in [5.41, 5.74) is 5.74. The third-order valence-corrected chi connectivity index (χ3v) is 2.69. The zero-order chi connectivity index (χ0) is 12.8. The van der Waals surface area contributed by atoms with Crippen molar-refractivity contribution in [2.75, 3.05) is 6.54 Å². The molecule has 1 unspecified atom stereocenters. The van der Waals surface area contributed by atoms with Gasteiger partial charge in [-0.3, -0.25) is 9.48 Å². The largest absolute Gasteiger partial charge is 0.348 e. The SMILES string of the molecule is CCC(NC(=O)c1cn(CCN)nn1)C(C)C. The van der Waals surface area contributed by atoms with Gasteiger partial charge in [-0.2, -0.15) is 0 Å². The third-order valence-electron chi connectivity index (χ3n) is 2.69. The van der Waals surface area contributed by atoms with E-state index >= 15 is 0 Å². The van der Waals surface area contributed by atoms with Crippen molar-refractivity contribution in [3.05, 3.63) is 11.9 Å². The zero-order valence-corrected chi connectivity index (χ0v) is 10.7. The highest BCUT2D eigenvalue weighted by molar-refractivity contribution is 5.92. The normalized spacial score (nSPS) is 12.8. The van der Waals surface area contributed by atoms with Crippen molar-refractivity contribution in [3.63, 3.8) is 0 Å². The molecule has 1 amide bonds. The molecule has 0 aromatic carbocycles. The lowest BCUT2D eigenvalue weighted by Gasteiger charge is -2.19. The maximum Gasteiger partial charge on any atom is 0.273 e. The second-order valence-corrected chi connectivity index (χ2v) is 4.39. The lowest BCUT2D eigenvalue weighted by molar-refractivity contribution is 0.0919. The number of aromatic nitrogens is 3. The van der Waals surface area contributed by atoms with E-state index in [1.165, 1.54) is 0 Å². The van der Waals surface area contributed by atoms with Gasteiger partial charge >= 0.3 is 0 Å². The fourth-order valence-corrected chi connectivity index (χ4v) is 1.63. The van der Waals surface area contributed by atoms with E-state index in [0.29, 0.717) is 24.7 Å². The van der Waals surface area contributed by atoms with E-state index in [0.717, 1.165) is 6.42 Å². The minimum Gasteiger partial charge on any atom is -0.348 e. The maximum absolute atomic E-state index is 11.9. The number of carbonyl (C=O) groups excluding carboxylic acids is 1. The van der Waals surface area contributed by atoms with E-state index < -0.39 is 0 Å². The zero-order valence-electron chi connectivity index (χ0n) is 10.7. The number of hydrogen-bond acceptors (Lipinski definition) is 4. The highest BCUT2D eigenvalue weighted by Gasteiger charge is 2.17. The van der Waals surface area contributed by atoms with Crippen molar-refractivity contribution < 1.29 is 4.79 Å². The van der Waals surface area contributed by atoms with Gasteiger partial charge in [0.2, 0.25) is 0 Å². The Bertz CT molecular complexity index is 360. The molecule has 0 aliphatic carbocycles. The Morgan fingerprint density at radius 3 is 2.82 bits per heavy atom. The van der Waals surface area contributed by atoms with Crippen molar-refractivity contribution in [1.29, 1.82) is 0 Å². The van der Waals surface area contributed by atoms with Crippen molar-refractivity contribution in [2.24, 2.45) is 11.7 Å². The van der Waals surface area contributed by atoms with Crippen LogP contribution in [0.3, 0.4) is 0 Å². The second kappa shape index (κ2) is 6.34. The molecule has 1 aromatic rings. The Kier molecular flexibility index (Phi) is 5.09. The van der Waals surface area contributed by atoms with Gasteiger partial charge in [0.05, 0.1) is 12.7 Å². The van der Waals surface area contributed by atoms with E-state index in [-0.39, 0.29) is 11.9 Å². The summed E-state index contributed by atoms with van der Waals surface area (Å²) in [6.07, 6.45) is 2.52. The van der Waals surface area contributed by atoms with Crippen molar-refractivity contribution in [3.8, 4) is 0 Å². The lowest BCUT2D eigenvalue weighted by atomic mass is 10.0. The molecule has 0 bridgehead atoms. The molecule has 0 aliphatic rings. The fourth-order valence-electron chi connectivity index (χ4n) is 1.63. The molecule has 0 aliphatic heterocycles. The number of nitrogens with zero attached hydrogens (tertiary/aromatic N) is 3. The highest BCUT2D eigenvalue weighted by Crippen LogP contribution is 2.06. The van der Waals surface area contributed by atoms with Gasteiger partial charge in [-0.05, 0) is 12.3 Å². The molecule has 6 heteroatoms. The standard InChI is InChI=1S/C11H21N5O/c1-4-9(8(2)3)13-11(17)10-7-16(6-5-12)15-14-10/h7-9H,4-6,12H2,1-3H3,(H,13,17). The predicted octanol–water partition coefficient (Wildman–Crippen LogP) is 0.401. The van der Waals surface area contributed by atoms with Crippen LogP contribution in [0, 0.1) is 5.92 Å². The molecule has 96 valence electrons. The first kappa shape index (κ1) is 13.6. The first-order valence-electron chi connectivity index (χ1n) is 5.99. The van der Waals surface area contributed by atoms with Gasteiger partial charge in [-0.25, -0.2) is 0 Å².